The van der Waals surface area contributed by atoms with E-state index in [0.29, 0.717) is 10.6 Å². The van der Waals surface area contributed by atoms with Crippen LogP contribution in [-0.2, 0) is 13.1 Å². The van der Waals surface area contributed by atoms with Crippen molar-refractivity contribution in [2.24, 2.45) is 0 Å². The summed E-state index contributed by atoms with van der Waals surface area (Å²) in [6.07, 6.45) is -0.855. The number of halogens is 4. The van der Waals surface area contributed by atoms with Crippen LogP contribution < -0.4 is 15.7 Å². The zero-order valence-corrected chi connectivity index (χ0v) is 19.1. The van der Waals surface area contributed by atoms with Gasteiger partial charge >= 0.3 is 12.1 Å². The molecule has 2 heterocycles. The highest BCUT2D eigenvalue weighted by molar-refractivity contribution is 6.30. The molecule has 12 heteroatoms. The lowest BCUT2D eigenvalue weighted by Crippen LogP contribution is -2.27. The number of nitrogens with zero attached hydrogens (tertiary/aromatic N) is 3. The fraction of sp³-hybridized carbons (Fsp3) is 0.125. The number of hydrogen-bond donors (Lipinski definition) is 2. The third-order valence-corrected chi connectivity index (χ3v) is 5.38. The van der Waals surface area contributed by atoms with E-state index in [9.17, 15) is 27.9 Å². The van der Waals surface area contributed by atoms with E-state index in [2.05, 4.69) is 15.0 Å². The second-order valence-electron chi connectivity index (χ2n) is 7.62. The Morgan fingerprint density at radius 2 is 1.78 bits per heavy atom. The van der Waals surface area contributed by atoms with Crippen LogP contribution in [0.2, 0.25) is 5.02 Å². The van der Waals surface area contributed by atoms with Crippen LogP contribution in [0.3, 0.4) is 0 Å². The van der Waals surface area contributed by atoms with Crippen LogP contribution in [0.25, 0.3) is 5.69 Å². The van der Waals surface area contributed by atoms with E-state index in [0.717, 1.165) is 28.5 Å². The van der Waals surface area contributed by atoms with Crippen LogP contribution in [-0.4, -0.2) is 31.5 Å². The lowest BCUT2D eigenvalue weighted by atomic mass is 10.1. The average Bonchev–Trinajstić information content (AvgIpc) is 3.11. The van der Waals surface area contributed by atoms with Gasteiger partial charge in [0, 0.05) is 24.0 Å². The van der Waals surface area contributed by atoms with Gasteiger partial charge in [0.1, 0.15) is 5.75 Å². The summed E-state index contributed by atoms with van der Waals surface area (Å²) in [4.78, 5) is 29.7. The molecule has 186 valence electrons. The zero-order valence-electron chi connectivity index (χ0n) is 18.4. The van der Waals surface area contributed by atoms with Crippen molar-refractivity contribution < 1.29 is 27.8 Å². The number of pyridine rings is 1. The predicted octanol–water partition coefficient (Wildman–Crippen LogP) is 4.27. The Morgan fingerprint density at radius 3 is 2.44 bits per heavy atom. The van der Waals surface area contributed by atoms with Gasteiger partial charge in [-0.05, 0) is 53.6 Å². The molecule has 2 N–H and O–H groups in total. The smallest absolute Gasteiger partial charge is 0.493 e. The number of alkyl halides is 3. The number of carbonyl (C=O) groups is 1. The van der Waals surface area contributed by atoms with Crippen LogP contribution in [0.15, 0.2) is 78.0 Å². The Kier molecular flexibility index (Phi) is 7.02. The number of benzene rings is 2. The summed E-state index contributed by atoms with van der Waals surface area (Å²) in [6.45, 7) is 0.177. The van der Waals surface area contributed by atoms with Gasteiger partial charge in [-0.2, -0.15) is 0 Å². The Hall–Kier alpha value is -4.25. The second kappa shape index (κ2) is 10.2. The van der Waals surface area contributed by atoms with Crippen molar-refractivity contribution >= 4 is 17.5 Å². The molecule has 0 aliphatic carbocycles. The van der Waals surface area contributed by atoms with Crippen molar-refractivity contribution in [1.82, 2.24) is 19.4 Å². The maximum atomic E-state index is 13.0. The van der Waals surface area contributed by atoms with E-state index in [1.165, 1.54) is 29.1 Å². The molecule has 2 aromatic heterocycles. The third kappa shape index (κ3) is 5.87. The van der Waals surface area contributed by atoms with Gasteiger partial charge in [0.2, 0.25) is 5.88 Å². The van der Waals surface area contributed by atoms with Crippen LogP contribution in [0.1, 0.15) is 21.5 Å². The number of aromatic hydroxyl groups is 1. The standard InChI is InChI=1S/C24H18ClF3N4O4/c25-17-3-1-15(2-4-17)11-30-22(34)20-12-29-10-9-16(20)13-31-14-21(33)32(23(31)35)18-5-7-19(8-6-18)36-24(26,27)28/h1-10,12,14,33H,11,13H2,(H,30,34). The Labute approximate surface area is 207 Å². The fourth-order valence-electron chi connectivity index (χ4n) is 3.46. The number of aromatic nitrogens is 3. The van der Waals surface area contributed by atoms with E-state index in [1.807, 2.05) is 0 Å². The SMILES string of the molecule is O=C(NCc1ccc(Cl)cc1)c1cnccc1Cn1cc(O)n(-c2ccc(OC(F)(F)F)cc2)c1=O. The van der Waals surface area contributed by atoms with Crippen LogP contribution >= 0.6 is 11.6 Å². The van der Waals surface area contributed by atoms with Gasteiger partial charge < -0.3 is 15.2 Å². The van der Waals surface area contributed by atoms with Gasteiger partial charge in [-0.3, -0.25) is 14.3 Å². The monoisotopic (exact) mass is 518 g/mol. The quantitative estimate of drug-likeness (QED) is 0.381. The highest BCUT2D eigenvalue weighted by Crippen LogP contribution is 2.24. The molecule has 4 aromatic rings. The van der Waals surface area contributed by atoms with E-state index >= 15 is 0 Å². The summed E-state index contributed by atoms with van der Waals surface area (Å²) in [5.74, 6) is -1.32. The number of nitrogens with one attached hydrogen (secondary N) is 1. The van der Waals surface area contributed by atoms with Crippen molar-refractivity contribution in [2.45, 2.75) is 19.5 Å². The van der Waals surface area contributed by atoms with Gasteiger partial charge in [0.05, 0.1) is 24.0 Å². The Morgan fingerprint density at radius 1 is 1.08 bits per heavy atom. The molecule has 8 nitrogen and oxygen atoms in total. The number of amides is 1. The second-order valence-corrected chi connectivity index (χ2v) is 8.05. The van der Waals surface area contributed by atoms with Gasteiger partial charge in [-0.25, -0.2) is 9.36 Å². The molecule has 0 saturated heterocycles. The third-order valence-electron chi connectivity index (χ3n) is 5.13. The summed E-state index contributed by atoms with van der Waals surface area (Å²) < 4.78 is 43.1. The number of imidazole rings is 1. The van der Waals surface area contributed by atoms with Crippen molar-refractivity contribution in [2.75, 3.05) is 0 Å². The van der Waals surface area contributed by atoms with Gasteiger partial charge in [0.25, 0.3) is 5.91 Å². The first-order chi connectivity index (χ1) is 17.1. The number of ether oxygens (including phenoxy) is 1. The molecule has 4 rings (SSSR count). The Bertz CT molecular complexity index is 1430. The molecule has 2 aromatic carbocycles. The first-order valence-electron chi connectivity index (χ1n) is 10.4. The van der Waals surface area contributed by atoms with Crippen molar-refractivity contribution in [3.8, 4) is 17.3 Å². The molecule has 1 amide bonds. The molecule has 0 radical (unpaired) electrons. The van der Waals surface area contributed by atoms with E-state index in [-0.39, 0.29) is 24.3 Å². The number of hydrogen-bond acceptors (Lipinski definition) is 5. The van der Waals surface area contributed by atoms with Gasteiger partial charge in [0.15, 0.2) is 0 Å². The first-order valence-corrected chi connectivity index (χ1v) is 10.8. The maximum Gasteiger partial charge on any atom is 0.573 e. The molecule has 0 aliphatic rings. The van der Waals surface area contributed by atoms with E-state index in [1.54, 1.807) is 30.3 Å². The minimum atomic E-state index is -4.85. The molecular weight excluding hydrogens is 501 g/mol. The van der Waals surface area contributed by atoms with Crippen LogP contribution in [0.5, 0.6) is 11.6 Å². The van der Waals surface area contributed by atoms with Crippen molar-refractivity contribution in [1.29, 1.82) is 0 Å². The molecule has 0 saturated carbocycles. The highest BCUT2D eigenvalue weighted by atomic mass is 35.5. The van der Waals surface area contributed by atoms with E-state index < -0.39 is 29.6 Å². The first kappa shape index (κ1) is 24.9. The molecule has 0 spiro atoms. The summed E-state index contributed by atoms with van der Waals surface area (Å²) >= 11 is 5.87. The largest absolute Gasteiger partial charge is 0.573 e. The van der Waals surface area contributed by atoms with Crippen molar-refractivity contribution in [3.63, 3.8) is 0 Å². The van der Waals surface area contributed by atoms with Crippen LogP contribution in [0.4, 0.5) is 13.2 Å². The summed E-state index contributed by atoms with van der Waals surface area (Å²) in [6, 6.07) is 13.0. The molecular formula is C24H18ClF3N4O4. The minimum Gasteiger partial charge on any atom is -0.493 e. The average molecular weight is 519 g/mol. The summed E-state index contributed by atoms with van der Waals surface area (Å²) in [5, 5.41) is 13.7. The molecule has 0 aliphatic heterocycles. The molecule has 36 heavy (non-hydrogen) atoms. The lowest BCUT2D eigenvalue weighted by molar-refractivity contribution is -0.274. The Balaban J connectivity index is 1.53. The molecule has 0 atom stereocenters. The number of rotatable bonds is 7. The maximum absolute atomic E-state index is 13.0. The molecule has 0 fully saturated rings. The van der Waals surface area contributed by atoms with Crippen LogP contribution in [0, 0.1) is 0 Å². The summed E-state index contributed by atoms with van der Waals surface area (Å²) in [5.41, 5.74) is 0.997. The van der Waals surface area contributed by atoms with Gasteiger partial charge in [-0.1, -0.05) is 23.7 Å². The molecule has 0 unspecified atom stereocenters. The predicted molar refractivity (Wildman–Crippen MR) is 124 cm³/mol. The number of carbonyl (C=O) groups excluding carboxylic acids is 1. The normalized spacial score (nSPS) is 11.3. The summed E-state index contributed by atoms with van der Waals surface area (Å²) in [7, 11) is 0. The topological polar surface area (TPSA) is 98.4 Å². The van der Waals surface area contributed by atoms with E-state index in [4.69, 9.17) is 11.6 Å². The highest BCUT2D eigenvalue weighted by Gasteiger charge is 2.31. The fourth-order valence-corrected chi connectivity index (χ4v) is 3.59. The lowest BCUT2D eigenvalue weighted by Gasteiger charge is -2.10. The van der Waals surface area contributed by atoms with Crippen molar-refractivity contribution in [3.05, 3.63) is 105 Å². The van der Waals surface area contributed by atoms with Gasteiger partial charge in [-0.15, -0.1) is 13.2 Å². The minimum absolute atomic E-state index is 0.0686. The zero-order chi connectivity index (χ0) is 25.9. The molecule has 0 bridgehead atoms.